The van der Waals surface area contributed by atoms with Gasteiger partial charge in [0.05, 0.1) is 56.2 Å². The summed E-state index contributed by atoms with van der Waals surface area (Å²) in [5, 5.41) is 11.4. The van der Waals surface area contributed by atoms with Crippen LogP contribution in [0, 0.1) is 13.8 Å². The average molecular weight is 455 g/mol. The molecule has 0 aliphatic rings. The quantitative estimate of drug-likeness (QED) is 0.407. The van der Waals surface area contributed by atoms with Gasteiger partial charge in [-0.15, -0.1) is 0 Å². The zero-order valence-electron chi connectivity index (χ0n) is 18.7. The molecule has 32 heavy (non-hydrogen) atoms. The van der Waals surface area contributed by atoms with Crippen molar-refractivity contribution >= 4 is 34.7 Å². The number of hydrogen-bond donors (Lipinski definition) is 2. The zero-order valence-corrected chi connectivity index (χ0v) is 19.5. The van der Waals surface area contributed by atoms with Crippen LogP contribution < -0.4 is 20.1 Å². The Morgan fingerprint density at radius 1 is 1.06 bits per heavy atom. The van der Waals surface area contributed by atoms with Crippen LogP contribution >= 0.6 is 12.2 Å². The number of nitrogens with zero attached hydrogens (tertiary/aromatic N) is 2. The van der Waals surface area contributed by atoms with Crippen LogP contribution in [0.5, 0.6) is 11.5 Å². The van der Waals surface area contributed by atoms with Gasteiger partial charge in [-0.2, -0.15) is 5.10 Å². The standard InChI is InChI=1S/C23H26N4O4S/c1-14-21(25-23(32)24-19-11-10-17(29-3)12-20(19)30-4)15(2)27(26-14)13-16-8-6-7-9-18(16)22(28)31-5/h6-12H,13H2,1-5H3,(H2,24,25,32). The topological polar surface area (TPSA) is 86.6 Å². The second kappa shape index (κ2) is 10.1. The van der Waals surface area contributed by atoms with Crippen molar-refractivity contribution in [3.05, 3.63) is 65.0 Å². The molecule has 1 aromatic heterocycles. The number of thiocarbonyl (C=S) groups is 1. The highest BCUT2D eigenvalue weighted by Gasteiger charge is 2.17. The van der Waals surface area contributed by atoms with Crippen LogP contribution in [0.15, 0.2) is 42.5 Å². The highest BCUT2D eigenvalue weighted by Crippen LogP contribution is 2.29. The second-order valence-corrected chi connectivity index (χ2v) is 7.41. The fraction of sp³-hybridized carbons (Fsp3) is 0.261. The Labute approximate surface area is 192 Å². The highest BCUT2D eigenvalue weighted by atomic mass is 32.1. The summed E-state index contributed by atoms with van der Waals surface area (Å²) < 4.78 is 17.4. The average Bonchev–Trinajstić information content (AvgIpc) is 3.06. The fourth-order valence-corrected chi connectivity index (χ4v) is 3.54. The van der Waals surface area contributed by atoms with Gasteiger partial charge in [0.2, 0.25) is 0 Å². The van der Waals surface area contributed by atoms with Crippen LogP contribution in [0.2, 0.25) is 0 Å². The number of carbonyl (C=O) groups is 1. The van der Waals surface area contributed by atoms with Gasteiger partial charge in [0.15, 0.2) is 5.11 Å². The minimum Gasteiger partial charge on any atom is -0.497 e. The molecule has 3 rings (SSSR count). The number of nitrogens with one attached hydrogen (secondary N) is 2. The lowest BCUT2D eigenvalue weighted by Crippen LogP contribution is -2.20. The molecule has 0 spiro atoms. The summed E-state index contributed by atoms with van der Waals surface area (Å²) >= 11 is 5.51. The Bertz CT molecular complexity index is 1140. The number of carbonyl (C=O) groups excluding carboxylic acids is 1. The molecule has 9 heteroatoms. The van der Waals surface area contributed by atoms with E-state index in [1.807, 2.05) is 48.9 Å². The number of hydrogen-bond acceptors (Lipinski definition) is 6. The Hall–Kier alpha value is -3.59. The number of esters is 1. The van der Waals surface area contributed by atoms with Crippen molar-refractivity contribution < 1.29 is 19.0 Å². The molecule has 3 aromatic rings. The van der Waals surface area contributed by atoms with Crippen LogP contribution in [-0.2, 0) is 11.3 Å². The number of rotatable bonds is 7. The van der Waals surface area contributed by atoms with Crippen molar-refractivity contribution in [3.8, 4) is 11.5 Å². The summed E-state index contributed by atoms with van der Waals surface area (Å²) in [7, 11) is 4.55. The normalized spacial score (nSPS) is 10.4. The first-order valence-corrected chi connectivity index (χ1v) is 10.3. The molecular weight excluding hydrogens is 428 g/mol. The maximum Gasteiger partial charge on any atom is 0.338 e. The van der Waals surface area contributed by atoms with Crippen LogP contribution in [0.4, 0.5) is 11.4 Å². The van der Waals surface area contributed by atoms with Gasteiger partial charge in [-0.05, 0) is 49.8 Å². The van der Waals surface area contributed by atoms with E-state index in [9.17, 15) is 4.79 Å². The molecule has 0 saturated heterocycles. The third-order valence-corrected chi connectivity index (χ3v) is 5.22. The van der Waals surface area contributed by atoms with E-state index < -0.39 is 0 Å². The molecule has 0 aliphatic carbocycles. The zero-order chi connectivity index (χ0) is 23.3. The molecule has 0 bridgehead atoms. The van der Waals surface area contributed by atoms with Gasteiger partial charge < -0.3 is 24.8 Å². The van der Waals surface area contributed by atoms with E-state index in [0.717, 1.165) is 22.6 Å². The Kier molecular flexibility index (Phi) is 7.32. The minimum absolute atomic E-state index is 0.376. The summed E-state index contributed by atoms with van der Waals surface area (Å²) in [4.78, 5) is 12.1. The number of benzene rings is 2. The second-order valence-electron chi connectivity index (χ2n) is 7.00. The van der Waals surface area contributed by atoms with E-state index in [1.165, 1.54) is 7.11 Å². The van der Waals surface area contributed by atoms with Crippen molar-refractivity contribution in [1.82, 2.24) is 9.78 Å². The van der Waals surface area contributed by atoms with Crippen molar-refractivity contribution in [1.29, 1.82) is 0 Å². The van der Waals surface area contributed by atoms with Crippen molar-refractivity contribution in [2.45, 2.75) is 20.4 Å². The first-order chi connectivity index (χ1) is 15.4. The number of ether oxygens (including phenoxy) is 3. The number of aromatic nitrogens is 2. The lowest BCUT2D eigenvalue weighted by molar-refractivity contribution is 0.0599. The van der Waals surface area contributed by atoms with Crippen LogP contribution in [0.1, 0.15) is 27.3 Å². The van der Waals surface area contributed by atoms with Gasteiger partial charge in [-0.3, -0.25) is 4.68 Å². The monoisotopic (exact) mass is 454 g/mol. The molecule has 2 N–H and O–H groups in total. The van der Waals surface area contributed by atoms with Gasteiger partial charge in [0, 0.05) is 6.07 Å². The Morgan fingerprint density at radius 2 is 1.81 bits per heavy atom. The van der Waals surface area contributed by atoms with Crippen molar-refractivity contribution in [2.75, 3.05) is 32.0 Å². The van der Waals surface area contributed by atoms with Gasteiger partial charge >= 0.3 is 5.97 Å². The summed E-state index contributed by atoms with van der Waals surface area (Å²) in [5.41, 5.74) is 4.50. The minimum atomic E-state index is -0.376. The van der Waals surface area contributed by atoms with E-state index in [4.69, 9.17) is 26.4 Å². The highest BCUT2D eigenvalue weighted by molar-refractivity contribution is 7.80. The summed E-state index contributed by atoms with van der Waals surface area (Å²) in [5.74, 6) is 0.919. The van der Waals surface area contributed by atoms with Crippen molar-refractivity contribution in [3.63, 3.8) is 0 Å². The largest absolute Gasteiger partial charge is 0.497 e. The van der Waals surface area contributed by atoms with E-state index in [2.05, 4.69) is 15.7 Å². The summed E-state index contributed by atoms with van der Waals surface area (Å²) in [6, 6.07) is 12.7. The molecule has 0 fully saturated rings. The molecular formula is C23H26N4O4S. The molecule has 0 aliphatic heterocycles. The SMILES string of the molecule is COC(=O)c1ccccc1Cn1nc(C)c(NC(=S)Nc2ccc(OC)cc2OC)c1C. The molecule has 8 nitrogen and oxygen atoms in total. The summed E-state index contributed by atoms with van der Waals surface area (Å²) in [6.45, 7) is 4.26. The predicted octanol–water partition coefficient (Wildman–Crippen LogP) is 4.16. The maximum atomic E-state index is 12.1. The van der Waals surface area contributed by atoms with Gasteiger partial charge in [-0.25, -0.2) is 4.79 Å². The first-order valence-electron chi connectivity index (χ1n) is 9.88. The smallest absolute Gasteiger partial charge is 0.338 e. The van der Waals surface area contributed by atoms with Crippen molar-refractivity contribution in [2.24, 2.45) is 0 Å². The van der Waals surface area contributed by atoms with E-state index in [1.54, 1.807) is 26.4 Å². The molecule has 0 radical (unpaired) electrons. The summed E-state index contributed by atoms with van der Waals surface area (Å²) in [6.07, 6.45) is 0. The molecule has 0 saturated carbocycles. The molecule has 0 unspecified atom stereocenters. The van der Waals surface area contributed by atoms with Gasteiger partial charge in [0.1, 0.15) is 11.5 Å². The van der Waals surface area contributed by atoms with E-state index >= 15 is 0 Å². The molecule has 0 amide bonds. The van der Waals surface area contributed by atoms with Gasteiger partial charge in [-0.1, -0.05) is 18.2 Å². The third-order valence-electron chi connectivity index (χ3n) is 5.02. The Balaban J connectivity index is 1.79. The molecule has 1 heterocycles. The van der Waals surface area contributed by atoms with Crippen LogP contribution in [-0.4, -0.2) is 42.2 Å². The van der Waals surface area contributed by atoms with E-state index in [-0.39, 0.29) is 5.97 Å². The maximum absolute atomic E-state index is 12.1. The van der Waals surface area contributed by atoms with Crippen LogP contribution in [0.3, 0.4) is 0 Å². The van der Waals surface area contributed by atoms with Gasteiger partial charge in [0.25, 0.3) is 0 Å². The third kappa shape index (κ3) is 5.00. The number of methoxy groups -OCH3 is 3. The van der Waals surface area contributed by atoms with Crippen LogP contribution in [0.25, 0.3) is 0 Å². The Morgan fingerprint density at radius 3 is 2.50 bits per heavy atom. The van der Waals surface area contributed by atoms with E-state index in [0.29, 0.717) is 34.4 Å². The molecule has 168 valence electrons. The lowest BCUT2D eigenvalue weighted by atomic mass is 10.1. The lowest BCUT2D eigenvalue weighted by Gasteiger charge is -2.15. The predicted molar refractivity (Wildman–Crippen MR) is 128 cm³/mol. The first kappa shape index (κ1) is 23.1. The molecule has 2 aromatic carbocycles. The fourth-order valence-electron chi connectivity index (χ4n) is 3.33. The number of anilines is 2. The molecule has 0 atom stereocenters. The number of aryl methyl sites for hydroxylation is 1.